The second-order valence-electron chi connectivity index (χ2n) is 2.95. The number of rotatable bonds is 4. The summed E-state index contributed by atoms with van der Waals surface area (Å²) >= 11 is 2.19. The largest absolute Gasteiger partial charge is 0.480 e. The second kappa shape index (κ2) is 5.19. The van der Waals surface area contributed by atoms with Crippen LogP contribution in [0.1, 0.15) is 13.3 Å². The molecule has 1 aromatic carbocycles. The van der Waals surface area contributed by atoms with E-state index in [2.05, 4.69) is 27.9 Å². The molecule has 0 amide bonds. The van der Waals surface area contributed by atoms with Crippen LogP contribution in [0.5, 0.6) is 0 Å². The molecule has 0 fully saturated rings. The molecular weight excluding hydrogens is 293 g/mol. The third-order valence-corrected chi connectivity index (χ3v) is 2.54. The number of carboxylic acids is 1. The molecule has 14 heavy (non-hydrogen) atoms. The zero-order chi connectivity index (χ0) is 10.6. The fraction of sp³-hybridized carbons (Fsp3) is 0.300. The molecule has 0 aromatic heterocycles. The van der Waals surface area contributed by atoms with Crippen molar-refractivity contribution in [3.05, 3.63) is 27.8 Å². The van der Waals surface area contributed by atoms with Gasteiger partial charge in [0, 0.05) is 9.26 Å². The highest BCUT2D eigenvalue weighted by Gasteiger charge is 2.13. The van der Waals surface area contributed by atoms with Crippen LogP contribution in [0.15, 0.2) is 24.3 Å². The molecule has 1 aromatic rings. The predicted octanol–water partition coefficient (Wildman–Crippen LogP) is 2.57. The third kappa shape index (κ3) is 3.17. The molecule has 0 aliphatic heterocycles. The number of anilines is 1. The van der Waals surface area contributed by atoms with Crippen LogP contribution in [0.25, 0.3) is 0 Å². The van der Waals surface area contributed by atoms with Crippen LogP contribution in [-0.2, 0) is 4.79 Å². The van der Waals surface area contributed by atoms with E-state index < -0.39 is 12.0 Å². The molecule has 1 unspecified atom stereocenters. The first kappa shape index (κ1) is 11.3. The Morgan fingerprint density at radius 2 is 2.36 bits per heavy atom. The molecule has 1 atom stereocenters. The number of benzene rings is 1. The van der Waals surface area contributed by atoms with Gasteiger partial charge in [0.25, 0.3) is 0 Å². The SMILES string of the molecule is CCC(Nc1cccc(I)c1)C(=O)O. The van der Waals surface area contributed by atoms with Crippen molar-refractivity contribution < 1.29 is 9.90 Å². The highest BCUT2D eigenvalue weighted by molar-refractivity contribution is 14.1. The van der Waals surface area contributed by atoms with Crippen LogP contribution in [0.4, 0.5) is 5.69 Å². The van der Waals surface area contributed by atoms with Crippen molar-refractivity contribution in [1.82, 2.24) is 0 Å². The Morgan fingerprint density at radius 1 is 1.64 bits per heavy atom. The van der Waals surface area contributed by atoms with Gasteiger partial charge in [0.2, 0.25) is 0 Å². The maximum atomic E-state index is 10.8. The van der Waals surface area contributed by atoms with Gasteiger partial charge < -0.3 is 10.4 Å². The minimum absolute atomic E-state index is 0.506. The minimum Gasteiger partial charge on any atom is -0.480 e. The zero-order valence-corrected chi connectivity index (χ0v) is 9.98. The van der Waals surface area contributed by atoms with E-state index >= 15 is 0 Å². The van der Waals surface area contributed by atoms with Crippen molar-refractivity contribution in [2.75, 3.05) is 5.32 Å². The zero-order valence-electron chi connectivity index (χ0n) is 7.83. The van der Waals surface area contributed by atoms with E-state index in [0.29, 0.717) is 6.42 Å². The minimum atomic E-state index is -0.814. The van der Waals surface area contributed by atoms with Gasteiger partial charge in [-0.05, 0) is 47.2 Å². The molecule has 76 valence electrons. The molecule has 0 bridgehead atoms. The van der Waals surface area contributed by atoms with Gasteiger partial charge in [-0.15, -0.1) is 0 Å². The normalized spacial score (nSPS) is 12.1. The molecule has 3 nitrogen and oxygen atoms in total. The topological polar surface area (TPSA) is 49.3 Å². The summed E-state index contributed by atoms with van der Waals surface area (Å²) in [6, 6.07) is 7.15. The fourth-order valence-corrected chi connectivity index (χ4v) is 1.66. The van der Waals surface area contributed by atoms with Gasteiger partial charge in [-0.3, -0.25) is 0 Å². The van der Waals surface area contributed by atoms with Gasteiger partial charge in [0.1, 0.15) is 6.04 Å². The Hall–Kier alpha value is -0.780. The van der Waals surface area contributed by atoms with Crippen molar-refractivity contribution in [2.24, 2.45) is 0 Å². The molecule has 0 saturated carbocycles. The molecule has 1 rings (SSSR count). The average Bonchev–Trinajstić information content (AvgIpc) is 2.14. The highest BCUT2D eigenvalue weighted by Crippen LogP contribution is 2.14. The Morgan fingerprint density at radius 3 is 2.86 bits per heavy atom. The van der Waals surface area contributed by atoms with Crippen LogP contribution in [0.3, 0.4) is 0 Å². The van der Waals surface area contributed by atoms with E-state index in [1.807, 2.05) is 31.2 Å². The maximum absolute atomic E-state index is 10.8. The lowest BCUT2D eigenvalue weighted by atomic mass is 10.2. The Kier molecular flexibility index (Phi) is 4.19. The molecule has 0 aliphatic rings. The molecule has 0 aliphatic carbocycles. The Labute approximate surface area is 96.7 Å². The molecule has 0 radical (unpaired) electrons. The summed E-state index contributed by atoms with van der Waals surface area (Å²) in [6.07, 6.45) is 0.570. The quantitative estimate of drug-likeness (QED) is 0.841. The standard InChI is InChI=1S/C10H12INO2/c1-2-9(10(13)14)12-8-5-3-4-7(11)6-8/h3-6,9,12H,2H2,1H3,(H,13,14). The molecular formula is C10H12INO2. The number of halogens is 1. The number of hydrogen-bond acceptors (Lipinski definition) is 2. The molecule has 0 saturated heterocycles. The van der Waals surface area contributed by atoms with E-state index in [-0.39, 0.29) is 0 Å². The molecule has 0 heterocycles. The third-order valence-electron chi connectivity index (χ3n) is 1.87. The summed E-state index contributed by atoms with van der Waals surface area (Å²) in [5.74, 6) is -0.814. The van der Waals surface area contributed by atoms with Gasteiger partial charge in [-0.2, -0.15) is 0 Å². The van der Waals surface area contributed by atoms with Crippen LogP contribution in [-0.4, -0.2) is 17.1 Å². The predicted molar refractivity (Wildman–Crippen MR) is 64.5 cm³/mol. The van der Waals surface area contributed by atoms with E-state index in [1.165, 1.54) is 0 Å². The summed E-state index contributed by atoms with van der Waals surface area (Å²) in [6.45, 7) is 1.85. The van der Waals surface area contributed by atoms with Crippen molar-refractivity contribution in [2.45, 2.75) is 19.4 Å². The van der Waals surface area contributed by atoms with Crippen LogP contribution >= 0.6 is 22.6 Å². The van der Waals surface area contributed by atoms with Crippen molar-refractivity contribution in [1.29, 1.82) is 0 Å². The van der Waals surface area contributed by atoms with Gasteiger partial charge in [0.15, 0.2) is 0 Å². The molecule has 2 N–H and O–H groups in total. The summed E-state index contributed by atoms with van der Waals surface area (Å²) < 4.78 is 1.09. The Balaban J connectivity index is 2.72. The van der Waals surface area contributed by atoms with Crippen LogP contribution < -0.4 is 5.32 Å². The van der Waals surface area contributed by atoms with Gasteiger partial charge in [-0.25, -0.2) is 4.79 Å². The van der Waals surface area contributed by atoms with Crippen molar-refractivity contribution >= 4 is 34.2 Å². The lowest BCUT2D eigenvalue weighted by Crippen LogP contribution is -2.28. The van der Waals surface area contributed by atoms with E-state index in [4.69, 9.17) is 5.11 Å². The number of nitrogens with one attached hydrogen (secondary N) is 1. The summed E-state index contributed by atoms with van der Waals surface area (Å²) in [5.41, 5.74) is 0.853. The smallest absolute Gasteiger partial charge is 0.326 e. The summed E-state index contributed by atoms with van der Waals surface area (Å²) in [4.78, 5) is 10.8. The average molecular weight is 305 g/mol. The second-order valence-corrected chi connectivity index (χ2v) is 4.20. The van der Waals surface area contributed by atoms with Gasteiger partial charge >= 0.3 is 5.97 Å². The summed E-state index contributed by atoms with van der Waals surface area (Å²) in [5, 5.41) is 11.8. The first-order valence-corrected chi connectivity index (χ1v) is 5.46. The lowest BCUT2D eigenvalue weighted by Gasteiger charge is -2.13. The van der Waals surface area contributed by atoms with E-state index in [1.54, 1.807) is 0 Å². The number of carboxylic acid groups (broad SMARTS) is 1. The van der Waals surface area contributed by atoms with Gasteiger partial charge in [0.05, 0.1) is 0 Å². The Bertz CT molecular complexity index is 328. The maximum Gasteiger partial charge on any atom is 0.326 e. The number of aliphatic carboxylic acids is 1. The van der Waals surface area contributed by atoms with Crippen LogP contribution in [0.2, 0.25) is 0 Å². The van der Waals surface area contributed by atoms with Gasteiger partial charge in [-0.1, -0.05) is 13.0 Å². The molecule has 0 spiro atoms. The lowest BCUT2D eigenvalue weighted by molar-refractivity contribution is -0.137. The van der Waals surface area contributed by atoms with E-state index in [0.717, 1.165) is 9.26 Å². The fourth-order valence-electron chi connectivity index (χ4n) is 1.12. The first-order chi connectivity index (χ1) is 6.63. The van der Waals surface area contributed by atoms with E-state index in [9.17, 15) is 4.79 Å². The first-order valence-electron chi connectivity index (χ1n) is 4.38. The summed E-state index contributed by atoms with van der Waals surface area (Å²) in [7, 11) is 0. The van der Waals surface area contributed by atoms with Crippen molar-refractivity contribution in [3.63, 3.8) is 0 Å². The van der Waals surface area contributed by atoms with Crippen molar-refractivity contribution in [3.8, 4) is 0 Å². The molecule has 4 heteroatoms. The number of carbonyl (C=O) groups is 1. The monoisotopic (exact) mass is 305 g/mol. The number of hydrogen-bond donors (Lipinski definition) is 2. The highest BCUT2D eigenvalue weighted by atomic mass is 127. The van der Waals surface area contributed by atoms with Crippen LogP contribution in [0, 0.1) is 3.57 Å².